The third-order valence-electron chi connectivity index (χ3n) is 6.12. The van der Waals surface area contributed by atoms with Crippen LogP contribution in [0.2, 0.25) is 0 Å². The van der Waals surface area contributed by atoms with Crippen LogP contribution in [0.5, 0.6) is 0 Å². The molecule has 0 unspecified atom stereocenters. The summed E-state index contributed by atoms with van der Waals surface area (Å²) in [6.07, 6.45) is 0. The topological polar surface area (TPSA) is 87.2 Å². The Labute approximate surface area is 183 Å². The van der Waals surface area contributed by atoms with E-state index >= 15 is 0 Å². The maximum atomic E-state index is 14.9. The van der Waals surface area contributed by atoms with Crippen molar-refractivity contribution in [2.24, 2.45) is 5.73 Å². The van der Waals surface area contributed by atoms with Crippen LogP contribution in [-0.4, -0.2) is 4.57 Å². The van der Waals surface area contributed by atoms with Crippen LogP contribution >= 0.6 is 0 Å². The molecule has 2 aromatic heterocycles. The van der Waals surface area contributed by atoms with Gasteiger partial charge in [-0.3, -0.25) is 0 Å². The summed E-state index contributed by atoms with van der Waals surface area (Å²) < 4.78 is 22.4. The molecule has 5 rings (SSSR count). The van der Waals surface area contributed by atoms with Crippen LogP contribution in [0.25, 0.3) is 38.5 Å². The number of nitrogens with two attached hydrogens (primary N) is 2. The lowest BCUT2D eigenvalue weighted by atomic mass is 10.0. The minimum absolute atomic E-state index is 0.109. The van der Waals surface area contributed by atoms with Gasteiger partial charge in [0.15, 0.2) is 0 Å². The molecule has 0 spiro atoms. The van der Waals surface area contributed by atoms with Gasteiger partial charge in [0, 0.05) is 44.2 Å². The summed E-state index contributed by atoms with van der Waals surface area (Å²) in [6, 6.07) is 14.4. The van der Waals surface area contributed by atoms with E-state index in [0.717, 1.165) is 32.8 Å². The molecule has 0 aliphatic rings. The average molecular weight is 427 g/mol. The van der Waals surface area contributed by atoms with E-state index in [0.29, 0.717) is 22.2 Å². The van der Waals surface area contributed by atoms with Gasteiger partial charge in [-0.15, -0.1) is 0 Å². The van der Waals surface area contributed by atoms with E-state index in [9.17, 15) is 9.18 Å². The SMILES string of the molecule is C=C(N)c1cc(Cn2c3cc(C)c(C)cc3c3c4ccccc4oc(=O)c32)c(F)cc1N. The second-order valence-corrected chi connectivity index (χ2v) is 8.21. The fraction of sp³-hybridized carbons (Fsp3) is 0.115. The molecule has 0 saturated carbocycles. The summed E-state index contributed by atoms with van der Waals surface area (Å²) in [5.41, 5.74) is 16.5. The highest BCUT2D eigenvalue weighted by Gasteiger charge is 2.20. The molecule has 5 aromatic rings. The summed E-state index contributed by atoms with van der Waals surface area (Å²) in [4.78, 5) is 13.1. The fourth-order valence-electron chi connectivity index (χ4n) is 4.37. The molecule has 160 valence electrons. The Bertz CT molecular complexity index is 1640. The second-order valence-electron chi connectivity index (χ2n) is 8.21. The number of fused-ring (bicyclic) bond motifs is 5. The van der Waals surface area contributed by atoms with E-state index < -0.39 is 11.4 Å². The van der Waals surface area contributed by atoms with Crippen LogP contribution in [0.4, 0.5) is 10.1 Å². The third kappa shape index (κ3) is 2.87. The predicted octanol–water partition coefficient (Wildman–Crippen LogP) is 5.22. The summed E-state index contributed by atoms with van der Waals surface area (Å²) in [5.74, 6) is -0.475. The highest BCUT2D eigenvalue weighted by Crippen LogP contribution is 2.35. The molecule has 3 aromatic carbocycles. The molecule has 5 nitrogen and oxygen atoms in total. The maximum Gasteiger partial charge on any atom is 0.361 e. The lowest BCUT2D eigenvalue weighted by molar-refractivity contribution is 0.563. The second kappa shape index (κ2) is 6.99. The molecule has 0 aliphatic carbocycles. The van der Waals surface area contributed by atoms with E-state index in [-0.39, 0.29) is 17.9 Å². The summed E-state index contributed by atoms with van der Waals surface area (Å²) >= 11 is 0. The average Bonchev–Trinajstić information content (AvgIpc) is 3.04. The van der Waals surface area contributed by atoms with Crippen molar-refractivity contribution < 1.29 is 8.81 Å². The first kappa shape index (κ1) is 19.9. The van der Waals surface area contributed by atoms with Gasteiger partial charge in [-0.1, -0.05) is 24.8 Å². The molecule has 0 aliphatic heterocycles. The predicted molar refractivity (Wildman–Crippen MR) is 128 cm³/mol. The molecule has 0 amide bonds. The fourth-order valence-corrected chi connectivity index (χ4v) is 4.37. The summed E-state index contributed by atoms with van der Waals surface area (Å²) in [5, 5.41) is 2.56. The monoisotopic (exact) mass is 427 g/mol. The Morgan fingerprint density at radius 1 is 1.09 bits per heavy atom. The van der Waals surface area contributed by atoms with Crippen molar-refractivity contribution in [2.75, 3.05) is 5.73 Å². The van der Waals surface area contributed by atoms with Crippen LogP contribution in [-0.2, 0) is 6.54 Å². The lowest BCUT2D eigenvalue weighted by Crippen LogP contribution is -2.10. The van der Waals surface area contributed by atoms with Crippen molar-refractivity contribution in [2.45, 2.75) is 20.4 Å². The van der Waals surface area contributed by atoms with E-state index in [1.54, 1.807) is 12.1 Å². The number of nitrogen functional groups attached to an aromatic ring is 1. The molecule has 0 radical (unpaired) electrons. The number of anilines is 1. The van der Waals surface area contributed by atoms with Crippen molar-refractivity contribution in [3.63, 3.8) is 0 Å². The van der Waals surface area contributed by atoms with Crippen LogP contribution in [0.15, 0.2) is 64.3 Å². The van der Waals surface area contributed by atoms with Gasteiger partial charge < -0.3 is 20.5 Å². The molecule has 4 N–H and O–H groups in total. The number of hydrogen-bond acceptors (Lipinski definition) is 4. The normalized spacial score (nSPS) is 11.6. The number of nitrogens with zero attached hydrogens (tertiary/aromatic N) is 1. The lowest BCUT2D eigenvalue weighted by Gasteiger charge is -2.13. The number of aromatic nitrogens is 1. The molecule has 6 heteroatoms. The van der Waals surface area contributed by atoms with Crippen molar-refractivity contribution >= 4 is 44.2 Å². The zero-order valence-electron chi connectivity index (χ0n) is 17.8. The van der Waals surface area contributed by atoms with Crippen LogP contribution in [0, 0.1) is 19.7 Å². The van der Waals surface area contributed by atoms with Gasteiger partial charge in [0.25, 0.3) is 0 Å². The van der Waals surface area contributed by atoms with Crippen molar-refractivity contribution in [3.8, 4) is 0 Å². The van der Waals surface area contributed by atoms with Gasteiger partial charge in [0.1, 0.15) is 16.9 Å². The number of aryl methyl sites for hydroxylation is 2. The number of rotatable bonds is 3. The Morgan fingerprint density at radius 3 is 2.56 bits per heavy atom. The maximum absolute atomic E-state index is 14.9. The molecule has 2 heterocycles. The minimum Gasteiger partial charge on any atom is -0.421 e. The Balaban J connectivity index is 1.90. The first-order valence-corrected chi connectivity index (χ1v) is 10.2. The molecule has 0 fully saturated rings. The molecular formula is C26H22FN3O2. The molecule has 0 bridgehead atoms. The van der Waals surface area contributed by atoms with Gasteiger partial charge in [-0.25, -0.2) is 9.18 Å². The zero-order chi connectivity index (χ0) is 22.7. The summed E-state index contributed by atoms with van der Waals surface area (Å²) in [7, 11) is 0. The van der Waals surface area contributed by atoms with E-state index in [4.69, 9.17) is 15.9 Å². The first-order valence-electron chi connectivity index (χ1n) is 10.2. The largest absolute Gasteiger partial charge is 0.421 e. The Morgan fingerprint density at radius 2 is 1.81 bits per heavy atom. The van der Waals surface area contributed by atoms with Crippen molar-refractivity contribution in [1.82, 2.24) is 4.57 Å². The quantitative estimate of drug-likeness (QED) is 0.305. The van der Waals surface area contributed by atoms with Crippen LogP contribution < -0.4 is 17.1 Å². The number of hydrogen-bond donors (Lipinski definition) is 2. The minimum atomic E-state index is -0.475. The van der Waals surface area contributed by atoms with Crippen molar-refractivity contribution in [3.05, 3.63) is 93.6 Å². The summed E-state index contributed by atoms with van der Waals surface area (Å²) in [6.45, 7) is 7.88. The van der Waals surface area contributed by atoms with Gasteiger partial charge >= 0.3 is 5.63 Å². The third-order valence-corrected chi connectivity index (χ3v) is 6.12. The van der Waals surface area contributed by atoms with Gasteiger partial charge in [-0.05, 0) is 55.3 Å². The molecular weight excluding hydrogens is 405 g/mol. The zero-order valence-corrected chi connectivity index (χ0v) is 17.8. The number of para-hydroxylation sites is 1. The van der Waals surface area contributed by atoms with Crippen LogP contribution in [0.1, 0.15) is 22.3 Å². The molecule has 32 heavy (non-hydrogen) atoms. The Kier molecular flexibility index (Phi) is 4.34. The molecule has 0 atom stereocenters. The van der Waals surface area contributed by atoms with Gasteiger partial charge in [0.05, 0.1) is 6.54 Å². The standard InChI is InChI=1S/C26H22FN3O2/c1-13-8-19-22(9-14(13)2)30(12-16-10-18(15(3)28)21(29)11-20(16)27)25-24(19)17-6-4-5-7-23(17)32-26(25)31/h4-11H,3,12,28-29H2,1-2H3. The highest BCUT2D eigenvalue weighted by molar-refractivity contribution is 6.19. The smallest absolute Gasteiger partial charge is 0.361 e. The van der Waals surface area contributed by atoms with Crippen molar-refractivity contribution in [1.29, 1.82) is 0 Å². The van der Waals surface area contributed by atoms with E-state index in [1.165, 1.54) is 6.07 Å². The van der Waals surface area contributed by atoms with E-state index in [1.807, 2.05) is 42.7 Å². The number of halogens is 1. The highest BCUT2D eigenvalue weighted by atomic mass is 19.1. The van der Waals surface area contributed by atoms with Gasteiger partial charge in [-0.2, -0.15) is 0 Å². The van der Waals surface area contributed by atoms with Gasteiger partial charge in [0.2, 0.25) is 0 Å². The Hall–Kier alpha value is -4.06. The first-order chi connectivity index (χ1) is 15.3. The molecule has 0 saturated heterocycles. The number of benzene rings is 3. The van der Waals surface area contributed by atoms with Crippen LogP contribution in [0.3, 0.4) is 0 Å². The van der Waals surface area contributed by atoms with E-state index in [2.05, 4.69) is 12.6 Å².